The second kappa shape index (κ2) is 7.66. The number of benzene rings is 2. The van der Waals surface area contributed by atoms with Crippen LogP contribution < -0.4 is 10.2 Å². The number of halogens is 1. The number of hydrogen-bond acceptors (Lipinski definition) is 2. The maximum absolute atomic E-state index is 13.3. The number of para-hydroxylation sites is 1. The molecule has 0 aromatic heterocycles. The number of hydrogen-bond donors (Lipinski definition) is 2. The monoisotopic (exact) mass is 342 g/mol. The first kappa shape index (κ1) is 17.4. The zero-order chi connectivity index (χ0) is 17.8. The zero-order valence-corrected chi connectivity index (χ0v) is 14.8. The summed E-state index contributed by atoms with van der Waals surface area (Å²) in [5.74, 6) is -0.249. The molecule has 0 aliphatic carbocycles. The predicted molar refractivity (Wildman–Crippen MR) is 97.2 cm³/mol. The van der Waals surface area contributed by atoms with Crippen LogP contribution in [0.4, 0.5) is 10.1 Å². The number of nitrogens with one attached hydrogen (secondary N) is 2. The van der Waals surface area contributed by atoms with Crippen molar-refractivity contribution in [1.29, 1.82) is 0 Å². The third-order valence-electron chi connectivity index (χ3n) is 4.91. The van der Waals surface area contributed by atoms with Gasteiger partial charge in [-0.15, -0.1) is 0 Å². The summed E-state index contributed by atoms with van der Waals surface area (Å²) < 4.78 is 13.3. The number of likely N-dealkylation sites (N-methyl/N-ethyl adjacent to an activating group) is 1. The molecule has 2 aromatic rings. The Morgan fingerprint density at radius 2 is 1.76 bits per heavy atom. The molecule has 0 unspecified atom stereocenters. The Morgan fingerprint density at radius 3 is 2.44 bits per heavy atom. The Hall–Kier alpha value is -2.40. The van der Waals surface area contributed by atoms with Gasteiger partial charge < -0.3 is 15.1 Å². The summed E-state index contributed by atoms with van der Waals surface area (Å²) in [5, 5.41) is 3.45. The highest BCUT2D eigenvalue weighted by Gasteiger charge is 2.33. The minimum Gasteiger partial charge on any atom is -0.361 e. The van der Waals surface area contributed by atoms with E-state index in [0.29, 0.717) is 12.1 Å². The molecule has 1 heterocycles. The normalized spacial score (nSPS) is 16.7. The molecule has 5 heteroatoms. The first-order valence-corrected chi connectivity index (χ1v) is 8.89. The van der Waals surface area contributed by atoms with Crippen molar-refractivity contribution in [2.75, 3.05) is 31.5 Å². The zero-order valence-electron chi connectivity index (χ0n) is 14.8. The highest BCUT2D eigenvalue weighted by atomic mass is 19.1. The summed E-state index contributed by atoms with van der Waals surface area (Å²) in [5.41, 5.74) is 2.41. The summed E-state index contributed by atoms with van der Waals surface area (Å²) in [6.07, 6.45) is -0.280. The van der Waals surface area contributed by atoms with Crippen LogP contribution in [0.25, 0.3) is 0 Å². The fourth-order valence-corrected chi connectivity index (χ4v) is 3.31. The molecule has 0 saturated carbocycles. The first-order chi connectivity index (χ1) is 12.1. The molecule has 0 fully saturated rings. The van der Waals surface area contributed by atoms with Gasteiger partial charge >= 0.3 is 0 Å². The average molecular weight is 342 g/mol. The first-order valence-electron chi connectivity index (χ1n) is 8.89. The molecule has 1 amide bonds. The number of carbonyl (C=O) groups excluding carboxylic acids is 1. The van der Waals surface area contributed by atoms with Gasteiger partial charge in [0.1, 0.15) is 12.0 Å². The molecule has 2 aromatic carbocycles. The van der Waals surface area contributed by atoms with Crippen molar-refractivity contribution in [3.8, 4) is 0 Å². The number of carbonyl (C=O) groups is 1. The Bertz CT molecular complexity index is 728. The molecule has 4 nitrogen and oxygen atoms in total. The third kappa shape index (κ3) is 3.66. The van der Waals surface area contributed by atoms with E-state index < -0.39 is 0 Å². The maximum Gasteiger partial charge on any atom is 0.258 e. The quantitative estimate of drug-likeness (QED) is 0.845. The van der Waals surface area contributed by atoms with Crippen LogP contribution >= 0.6 is 0 Å². The van der Waals surface area contributed by atoms with Crippen molar-refractivity contribution in [2.24, 2.45) is 0 Å². The Morgan fingerprint density at radius 1 is 1.08 bits per heavy atom. The lowest BCUT2D eigenvalue weighted by Crippen LogP contribution is -3.12. The number of nitrogens with zero attached hydrogens (tertiary/aromatic N) is 1. The van der Waals surface area contributed by atoms with Gasteiger partial charge in [0.25, 0.3) is 5.91 Å². The lowest BCUT2D eigenvalue weighted by Gasteiger charge is -2.38. The Labute approximate surface area is 148 Å². The molecule has 0 saturated heterocycles. The van der Waals surface area contributed by atoms with E-state index in [0.717, 1.165) is 30.9 Å². The van der Waals surface area contributed by atoms with E-state index in [1.54, 1.807) is 12.1 Å². The SMILES string of the molecule is CC[NH+](CC)CCN1C(=O)c2ccccc2N[C@H]1c1ccc(F)cc1. The summed E-state index contributed by atoms with van der Waals surface area (Å²) in [4.78, 5) is 16.4. The van der Waals surface area contributed by atoms with Gasteiger partial charge in [-0.25, -0.2) is 4.39 Å². The number of anilines is 1. The van der Waals surface area contributed by atoms with Crippen molar-refractivity contribution in [3.63, 3.8) is 0 Å². The molecule has 1 aliphatic rings. The topological polar surface area (TPSA) is 36.8 Å². The second-order valence-corrected chi connectivity index (χ2v) is 6.35. The van der Waals surface area contributed by atoms with E-state index in [9.17, 15) is 9.18 Å². The standard InChI is InChI=1S/C20H24FN3O/c1-3-23(4-2)13-14-24-19(15-9-11-16(21)12-10-15)22-18-8-6-5-7-17(18)20(24)25/h5-12,19,22H,3-4,13-14H2,1-2H3/p+1/t19-/m1/s1. The lowest BCUT2D eigenvalue weighted by molar-refractivity contribution is -0.895. The van der Waals surface area contributed by atoms with Crippen molar-refractivity contribution in [1.82, 2.24) is 4.90 Å². The molecule has 0 radical (unpaired) electrons. The highest BCUT2D eigenvalue weighted by Crippen LogP contribution is 2.32. The molecular formula is C20H25FN3O+. The smallest absolute Gasteiger partial charge is 0.258 e. The van der Waals surface area contributed by atoms with E-state index in [1.165, 1.54) is 17.0 Å². The van der Waals surface area contributed by atoms with Crippen LogP contribution in [0, 0.1) is 5.82 Å². The maximum atomic E-state index is 13.3. The van der Waals surface area contributed by atoms with Gasteiger partial charge in [-0.05, 0) is 43.7 Å². The predicted octanol–water partition coefficient (Wildman–Crippen LogP) is 2.32. The lowest BCUT2D eigenvalue weighted by atomic mass is 10.0. The van der Waals surface area contributed by atoms with Gasteiger partial charge in [0.2, 0.25) is 0 Å². The molecule has 25 heavy (non-hydrogen) atoms. The minimum absolute atomic E-state index is 0.0234. The van der Waals surface area contributed by atoms with Crippen molar-refractivity contribution >= 4 is 11.6 Å². The van der Waals surface area contributed by atoms with Crippen molar-refractivity contribution < 1.29 is 14.1 Å². The van der Waals surface area contributed by atoms with Crippen LogP contribution in [0.2, 0.25) is 0 Å². The molecule has 132 valence electrons. The average Bonchev–Trinajstić information content (AvgIpc) is 2.64. The van der Waals surface area contributed by atoms with Gasteiger partial charge in [0.15, 0.2) is 0 Å². The van der Waals surface area contributed by atoms with Crippen LogP contribution in [-0.4, -0.2) is 37.0 Å². The molecule has 1 atom stereocenters. The molecule has 1 aliphatic heterocycles. The Kier molecular flexibility index (Phi) is 5.34. The molecule has 0 bridgehead atoms. The second-order valence-electron chi connectivity index (χ2n) is 6.35. The van der Waals surface area contributed by atoms with Crippen molar-refractivity contribution in [2.45, 2.75) is 20.0 Å². The van der Waals surface area contributed by atoms with Gasteiger partial charge in [-0.1, -0.05) is 24.3 Å². The highest BCUT2D eigenvalue weighted by molar-refractivity contribution is 6.01. The van der Waals surface area contributed by atoms with E-state index in [2.05, 4.69) is 19.2 Å². The number of rotatable bonds is 6. The summed E-state index contributed by atoms with van der Waals surface area (Å²) >= 11 is 0. The van der Waals surface area contributed by atoms with Crippen LogP contribution in [0.1, 0.15) is 35.9 Å². The fourth-order valence-electron chi connectivity index (χ4n) is 3.31. The number of amides is 1. The van der Waals surface area contributed by atoms with Crippen LogP contribution in [0.15, 0.2) is 48.5 Å². The fraction of sp³-hybridized carbons (Fsp3) is 0.350. The van der Waals surface area contributed by atoms with Gasteiger partial charge in [-0.3, -0.25) is 4.79 Å². The summed E-state index contributed by atoms with van der Waals surface area (Å²) in [6.45, 7) is 7.91. The van der Waals surface area contributed by atoms with E-state index in [1.807, 2.05) is 29.2 Å². The van der Waals surface area contributed by atoms with Gasteiger partial charge in [0.05, 0.1) is 31.7 Å². The van der Waals surface area contributed by atoms with E-state index >= 15 is 0 Å². The van der Waals surface area contributed by atoms with Crippen LogP contribution in [0.5, 0.6) is 0 Å². The van der Waals surface area contributed by atoms with Gasteiger partial charge in [-0.2, -0.15) is 0 Å². The molecule has 2 N–H and O–H groups in total. The summed E-state index contributed by atoms with van der Waals surface area (Å²) in [6, 6.07) is 13.9. The Balaban J connectivity index is 1.91. The number of fused-ring (bicyclic) bond motifs is 1. The van der Waals surface area contributed by atoms with Gasteiger partial charge in [0, 0.05) is 5.69 Å². The van der Waals surface area contributed by atoms with Crippen molar-refractivity contribution in [3.05, 3.63) is 65.5 Å². The van der Waals surface area contributed by atoms with Crippen LogP contribution in [-0.2, 0) is 0 Å². The summed E-state index contributed by atoms with van der Waals surface area (Å²) in [7, 11) is 0. The largest absolute Gasteiger partial charge is 0.361 e. The van der Waals surface area contributed by atoms with E-state index in [4.69, 9.17) is 0 Å². The third-order valence-corrected chi connectivity index (χ3v) is 4.91. The molecule has 3 rings (SSSR count). The molecular weight excluding hydrogens is 317 g/mol. The minimum atomic E-state index is -0.280. The number of quaternary nitrogens is 1. The van der Waals surface area contributed by atoms with Crippen LogP contribution in [0.3, 0.4) is 0 Å². The van der Waals surface area contributed by atoms with E-state index in [-0.39, 0.29) is 17.9 Å². The molecule has 0 spiro atoms.